The van der Waals surface area contributed by atoms with Gasteiger partial charge in [0.25, 0.3) is 5.91 Å². The summed E-state index contributed by atoms with van der Waals surface area (Å²) in [6, 6.07) is 15.1. The van der Waals surface area contributed by atoms with Crippen LogP contribution < -0.4 is 15.7 Å². The molecule has 27 heavy (non-hydrogen) atoms. The summed E-state index contributed by atoms with van der Waals surface area (Å²) in [5, 5.41) is 3.36. The highest BCUT2D eigenvalue weighted by molar-refractivity contribution is 6.30. The highest BCUT2D eigenvalue weighted by Crippen LogP contribution is 2.25. The number of halogens is 1. The van der Waals surface area contributed by atoms with Crippen molar-refractivity contribution in [3.05, 3.63) is 81.9 Å². The van der Waals surface area contributed by atoms with Crippen LogP contribution in [0.2, 0.25) is 5.02 Å². The minimum absolute atomic E-state index is 0.174. The molecule has 0 fully saturated rings. The number of carbonyl (C=O) groups excluding carboxylic acids is 1. The molecule has 2 aromatic heterocycles. The first-order chi connectivity index (χ1) is 13.1. The minimum Gasteiger partial charge on any atom is -0.438 e. The van der Waals surface area contributed by atoms with Gasteiger partial charge in [0, 0.05) is 16.9 Å². The van der Waals surface area contributed by atoms with Crippen LogP contribution in [0, 0.1) is 0 Å². The molecule has 0 spiro atoms. The van der Waals surface area contributed by atoms with Gasteiger partial charge in [-0.25, -0.2) is 9.78 Å². The van der Waals surface area contributed by atoms with Crippen molar-refractivity contribution in [3.8, 4) is 11.6 Å². The monoisotopic (exact) mass is 380 g/mol. The first kappa shape index (κ1) is 16.9. The van der Waals surface area contributed by atoms with Crippen molar-refractivity contribution < 1.29 is 9.53 Å². The number of aromatic amines is 2. The number of H-pyrrole nitrogens is 2. The molecule has 2 aromatic carbocycles. The molecule has 7 nitrogen and oxygen atoms in total. The highest BCUT2D eigenvalue weighted by Gasteiger charge is 2.15. The second-order valence-corrected chi connectivity index (χ2v) is 6.14. The SMILES string of the molecule is O=C(Nc1ccc2[nH]c(=O)[nH]c2c1)c1cccnc1Oc1ccc(Cl)cc1. The third kappa shape index (κ3) is 3.68. The number of aromatic nitrogens is 3. The Morgan fingerprint density at radius 3 is 2.63 bits per heavy atom. The number of ether oxygens (including phenoxy) is 1. The molecule has 0 saturated heterocycles. The highest BCUT2D eigenvalue weighted by atomic mass is 35.5. The maximum atomic E-state index is 12.7. The maximum absolute atomic E-state index is 12.7. The predicted molar refractivity (Wildman–Crippen MR) is 103 cm³/mol. The molecule has 4 aromatic rings. The summed E-state index contributed by atoms with van der Waals surface area (Å²) in [5.74, 6) is 0.302. The third-order valence-electron chi connectivity index (χ3n) is 3.82. The fourth-order valence-corrected chi connectivity index (χ4v) is 2.69. The molecule has 1 amide bonds. The normalized spacial score (nSPS) is 10.7. The molecule has 134 valence electrons. The van der Waals surface area contributed by atoms with E-state index in [-0.39, 0.29) is 23.0 Å². The first-order valence-electron chi connectivity index (χ1n) is 8.00. The lowest BCUT2D eigenvalue weighted by Gasteiger charge is -2.10. The van der Waals surface area contributed by atoms with E-state index in [1.807, 2.05) is 0 Å². The maximum Gasteiger partial charge on any atom is 0.323 e. The Bertz CT molecular complexity index is 1180. The predicted octanol–water partition coefficient (Wildman–Crippen LogP) is 3.95. The lowest BCUT2D eigenvalue weighted by molar-refractivity contribution is 0.102. The molecule has 4 rings (SSSR count). The average Bonchev–Trinajstić information content (AvgIpc) is 3.03. The van der Waals surface area contributed by atoms with Gasteiger partial charge in [0.15, 0.2) is 0 Å². The molecule has 0 radical (unpaired) electrons. The Morgan fingerprint density at radius 2 is 1.81 bits per heavy atom. The number of rotatable bonds is 4. The van der Waals surface area contributed by atoms with Crippen LogP contribution in [0.15, 0.2) is 65.6 Å². The topological polar surface area (TPSA) is 99.9 Å². The summed E-state index contributed by atoms with van der Waals surface area (Å²) < 4.78 is 5.71. The number of nitrogens with zero attached hydrogens (tertiary/aromatic N) is 1. The van der Waals surface area contributed by atoms with E-state index in [9.17, 15) is 9.59 Å². The number of pyridine rings is 1. The zero-order valence-electron chi connectivity index (χ0n) is 13.8. The number of carbonyl (C=O) groups is 1. The number of imidazole rings is 1. The number of benzene rings is 2. The van der Waals surface area contributed by atoms with E-state index in [1.165, 1.54) is 0 Å². The smallest absolute Gasteiger partial charge is 0.323 e. The molecular formula is C19H13ClN4O3. The zero-order chi connectivity index (χ0) is 18.8. The molecule has 0 saturated carbocycles. The number of nitrogens with one attached hydrogen (secondary N) is 3. The van der Waals surface area contributed by atoms with Gasteiger partial charge in [-0.05, 0) is 54.6 Å². The van der Waals surface area contributed by atoms with Crippen molar-refractivity contribution in [1.29, 1.82) is 0 Å². The van der Waals surface area contributed by atoms with Gasteiger partial charge in [-0.3, -0.25) is 4.79 Å². The van der Waals surface area contributed by atoms with Crippen LogP contribution in [0.25, 0.3) is 11.0 Å². The van der Waals surface area contributed by atoms with Crippen LogP contribution in [0.1, 0.15) is 10.4 Å². The van der Waals surface area contributed by atoms with E-state index in [4.69, 9.17) is 16.3 Å². The summed E-state index contributed by atoms with van der Waals surface area (Å²) in [6.45, 7) is 0. The van der Waals surface area contributed by atoms with Gasteiger partial charge in [-0.1, -0.05) is 11.6 Å². The number of amides is 1. The van der Waals surface area contributed by atoms with Crippen molar-refractivity contribution in [2.75, 3.05) is 5.32 Å². The van der Waals surface area contributed by atoms with Crippen molar-refractivity contribution in [2.24, 2.45) is 0 Å². The Morgan fingerprint density at radius 1 is 1.04 bits per heavy atom. The van der Waals surface area contributed by atoms with Crippen molar-refractivity contribution >= 4 is 34.2 Å². The van der Waals surface area contributed by atoms with Crippen LogP contribution in [0.4, 0.5) is 5.69 Å². The fraction of sp³-hybridized carbons (Fsp3) is 0. The Hall–Kier alpha value is -3.58. The average molecular weight is 381 g/mol. The number of anilines is 1. The molecule has 8 heteroatoms. The van der Waals surface area contributed by atoms with Crippen LogP contribution in [0.3, 0.4) is 0 Å². The van der Waals surface area contributed by atoms with Gasteiger partial charge in [0.2, 0.25) is 5.88 Å². The fourth-order valence-electron chi connectivity index (χ4n) is 2.57. The molecule has 0 unspecified atom stereocenters. The van der Waals surface area contributed by atoms with Gasteiger partial charge >= 0.3 is 5.69 Å². The summed E-state index contributed by atoms with van der Waals surface area (Å²) in [5.41, 5.74) is 1.76. The van der Waals surface area contributed by atoms with Gasteiger partial charge in [0.1, 0.15) is 11.3 Å². The molecule has 0 aliphatic carbocycles. The molecule has 0 atom stereocenters. The van der Waals surface area contributed by atoms with E-state index < -0.39 is 0 Å². The Labute approximate surface area is 158 Å². The molecular weight excluding hydrogens is 368 g/mol. The minimum atomic E-state index is -0.385. The Balaban J connectivity index is 1.59. The van der Waals surface area contributed by atoms with Gasteiger partial charge < -0.3 is 20.0 Å². The summed E-state index contributed by atoms with van der Waals surface area (Å²) in [6.07, 6.45) is 1.54. The van der Waals surface area contributed by atoms with E-state index in [0.29, 0.717) is 27.5 Å². The second-order valence-electron chi connectivity index (χ2n) is 5.71. The van der Waals surface area contributed by atoms with Gasteiger partial charge in [0.05, 0.1) is 11.0 Å². The lowest BCUT2D eigenvalue weighted by atomic mass is 10.2. The van der Waals surface area contributed by atoms with Crippen molar-refractivity contribution in [1.82, 2.24) is 15.0 Å². The van der Waals surface area contributed by atoms with Crippen LogP contribution in [-0.4, -0.2) is 20.9 Å². The number of fused-ring (bicyclic) bond motifs is 1. The van der Waals surface area contributed by atoms with Crippen molar-refractivity contribution in [2.45, 2.75) is 0 Å². The molecule has 0 aliphatic rings. The van der Waals surface area contributed by atoms with Crippen LogP contribution in [-0.2, 0) is 0 Å². The third-order valence-corrected chi connectivity index (χ3v) is 4.07. The zero-order valence-corrected chi connectivity index (χ0v) is 14.6. The Kier molecular flexibility index (Phi) is 4.35. The molecule has 3 N–H and O–H groups in total. The van der Waals surface area contributed by atoms with Crippen LogP contribution >= 0.6 is 11.6 Å². The number of hydrogen-bond acceptors (Lipinski definition) is 4. The molecule has 2 heterocycles. The molecule has 0 aliphatic heterocycles. The largest absolute Gasteiger partial charge is 0.438 e. The van der Waals surface area contributed by atoms with Gasteiger partial charge in [-0.2, -0.15) is 0 Å². The van der Waals surface area contributed by atoms with E-state index in [1.54, 1.807) is 60.8 Å². The summed E-state index contributed by atoms with van der Waals surface area (Å²) >= 11 is 5.87. The summed E-state index contributed by atoms with van der Waals surface area (Å²) in [4.78, 5) is 33.5. The lowest BCUT2D eigenvalue weighted by Crippen LogP contribution is -2.13. The molecule has 0 bridgehead atoms. The standard InChI is InChI=1S/C19H13ClN4O3/c20-11-3-6-13(7-4-11)27-18-14(2-1-9-21-18)17(25)22-12-5-8-15-16(10-12)24-19(26)23-15/h1-10H,(H,22,25)(H2,23,24,26). The van der Waals surface area contributed by atoms with E-state index in [0.717, 1.165) is 0 Å². The van der Waals surface area contributed by atoms with Crippen LogP contribution in [0.5, 0.6) is 11.6 Å². The van der Waals surface area contributed by atoms with E-state index in [2.05, 4.69) is 20.3 Å². The van der Waals surface area contributed by atoms with Gasteiger partial charge in [-0.15, -0.1) is 0 Å². The second kappa shape index (κ2) is 6.97. The number of hydrogen-bond donors (Lipinski definition) is 3. The van der Waals surface area contributed by atoms with E-state index >= 15 is 0 Å². The summed E-state index contributed by atoms with van der Waals surface area (Å²) in [7, 11) is 0. The van der Waals surface area contributed by atoms with Crippen molar-refractivity contribution in [3.63, 3.8) is 0 Å². The quantitative estimate of drug-likeness (QED) is 0.499. The first-order valence-corrected chi connectivity index (χ1v) is 8.38.